The highest BCUT2D eigenvalue weighted by atomic mass is 16.3. The van der Waals surface area contributed by atoms with Crippen molar-refractivity contribution >= 4 is 16.9 Å². The summed E-state index contributed by atoms with van der Waals surface area (Å²) in [6, 6.07) is 5.67. The van der Waals surface area contributed by atoms with Crippen LogP contribution in [0.3, 0.4) is 0 Å². The van der Waals surface area contributed by atoms with E-state index in [1.807, 2.05) is 6.07 Å². The van der Waals surface area contributed by atoms with E-state index < -0.39 is 0 Å². The zero-order valence-electron chi connectivity index (χ0n) is 12.3. The molecule has 0 aliphatic carbocycles. The van der Waals surface area contributed by atoms with Crippen LogP contribution in [0.4, 0.5) is 0 Å². The normalized spacial score (nSPS) is 26.8. The van der Waals surface area contributed by atoms with Crippen molar-refractivity contribution in [2.75, 3.05) is 19.6 Å². The van der Waals surface area contributed by atoms with Crippen molar-refractivity contribution in [2.45, 2.75) is 18.9 Å². The van der Waals surface area contributed by atoms with Gasteiger partial charge >= 0.3 is 0 Å². The molecule has 2 fully saturated rings. The number of amides is 1. The van der Waals surface area contributed by atoms with Crippen molar-refractivity contribution in [3.05, 3.63) is 35.6 Å². The molecule has 1 unspecified atom stereocenters. The highest BCUT2D eigenvalue weighted by molar-refractivity contribution is 5.99. The zero-order valence-corrected chi connectivity index (χ0v) is 12.3. The molecule has 1 N–H and O–H groups in total. The first-order valence-electron chi connectivity index (χ1n) is 7.74. The number of hydrogen-bond acceptors (Lipinski definition) is 3. The van der Waals surface area contributed by atoms with Crippen LogP contribution in [0, 0.1) is 18.3 Å². The summed E-state index contributed by atoms with van der Waals surface area (Å²) in [7, 11) is 0. The lowest BCUT2D eigenvalue weighted by molar-refractivity contribution is 0.0909. The second kappa shape index (κ2) is 5.19. The number of nitrogens with one attached hydrogen (secondary N) is 1. The van der Waals surface area contributed by atoms with E-state index in [0.717, 1.165) is 24.3 Å². The van der Waals surface area contributed by atoms with E-state index in [9.17, 15) is 4.79 Å². The summed E-state index contributed by atoms with van der Waals surface area (Å²) in [5.41, 5.74) is 2.04. The monoisotopic (exact) mass is 294 g/mol. The van der Waals surface area contributed by atoms with Crippen LogP contribution in [0.25, 0.3) is 11.0 Å². The molecule has 1 amide bonds. The van der Waals surface area contributed by atoms with Gasteiger partial charge in [-0.05, 0) is 43.5 Å². The maximum absolute atomic E-state index is 12.5. The number of terminal acetylenes is 1. The van der Waals surface area contributed by atoms with Gasteiger partial charge < -0.3 is 14.6 Å². The van der Waals surface area contributed by atoms with Gasteiger partial charge in [0, 0.05) is 30.1 Å². The predicted octanol–water partition coefficient (Wildman–Crippen LogP) is 2.24. The quantitative estimate of drug-likeness (QED) is 0.864. The van der Waals surface area contributed by atoms with Gasteiger partial charge in [0.25, 0.3) is 5.91 Å². The van der Waals surface area contributed by atoms with Crippen LogP contribution in [0.2, 0.25) is 0 Å². The summed E-state index contributed by atoms with van der Waals surface area (Å²) in [5, 5.41) is 3.99. The van der Waals surface area contributed by atoms with Gasteiger partial charge in [-0.25, -0.2) is 0 Å². The van der Waals surface area contributed by atoms with E-state index >= 15 is 0 Å². The molecule has 4 nitrogen and oxygen atoms in total. The Morgan fingerprint density at radius 2 is 2.32 bits per heavy atom. The Kier molecular flexibility index (Phi) is 3.16. The van der Waals surface area contributed by atoms with E-state index in [2.05, 4.69) is 16.1 Å². The fourth-order valence-electron chi connectivity index (χ4n) is 3.72. The Morgan fingerprint density at radius 1 is 1.41 bits per heavy atom. The van der Waals surface area contributed by atoms with Crippen molar-refractivity contribution in [3.63, 3.8) is 0 Å². The largest absolute Gasteiger partial charge is 0.463 e. The van der Waals surface area contributed by atoms with Crippen LogP contribution in [0.5, 0.6) is 0 Å². The minimum absolute atomic E-state index is 0.0291. The standard InChI is InChI=1S/C18H18N2O2/c1-2-13-11-22-17-4-3-14(8-16(13)17)18(21)19-15-7-12-5-6-20(9-12)10-15/h1,3-4,8,11-12,15H,5-7,9-10H2,(H,19,21)/t12-,15-/m1/s1. The molecular formula is C18H18N2O2. The number of piperidine rings is 1. The van der Waals surface area contributed by atoms with Crippen LogP contribution in [0.1, 0.15) is 28.8 Å². The molecular weight excluding hydrogens is 276 g/mol. The average molecular weight is 294 g/mol. The van der Waals surface area contributed by atoms with Crippen LogP contribution in [0.15, 0.2) is 28.9 Å². The summed E-state index contributed by atoms with van der Waals surface area (Å²) in [6.07, 6.45) is 9.36. The number of rotatable bonds is 2. The van der Waals surface area contributed by atoms with Gasteiger partial charge in [0.2, 0.25) is 0 Å². The topological polar surface area (TPSA) is 45.5 Å². The van der Waals surface area contributed by atoms with Crippen molar-refractivity contribution in [1.29, 1.82) is 0 Å². The molecule has 3 atom stereocenters. The van der Waals surface area contributed by atoms with Crippen molar-refractivity contribution < 1.29 is 9.21 Å². The van der Waals surface area contributed by atoms with Gasteiger partial charge in [-0.15, -0.1) is 6.42 Å². The maximum atomic E-state index is 12.5. The third-order valence-electron chi connectivity index (χ3n) is 4.79. The van der Waals surface area contributed by atoms with E-state index in [0.29, 0.717) is 16.7 Å². The molecule has 112 valence electrons. The zero-order chi connectivity index (χ0) is 15.1. The minimum Gasteiger partial charge on any atom is -0.463 e. The van der Waals surface area contributed by atoms with E-state index in [-0.39, 0.29) is 11.9 Å². The number of furan rings is 1. The molecule has 2 saturated heterocycles. The minimum atomic E-state index is -0.0291. The number of benzene rings is 1. The number of carbonyl (C=O) groups is 1. The van der Waals surface area contributed by atoms with Crippen LogP contribution >= 0.6 is 0 Å². The van der Waals surface area contributed by atoms with Crippen LogP contribution in [-0.2, 0) is 0 Å². The Bertz CT molecular complexity index is 759. The van der Waals surface area contributed by atoms with Gasteiger partial charge in [-0.1, -0.05) is 5.92 Å². The molecule has 2 aromatic rings. The first-order chi connectivity index (χ1) is 10.7. The van der Waals surface area contributed by atoms with Gasteiger partial charge in [-0.3, -0.25) is 4.79 Å². The first-order valence-corrected chi connectivity index (χ1v) is 7.74. The van der Waals surface area contributed by atoms with Crippen molar-refractivity contribution in [1.82, 2.24) is 10.2 Å². The molecule has 22 heavy (non-hydrogen) atoms. The molecule has 0 radical (unpaired) electrons. The predicted molar refractivity (Wildman–Crippen MR) is 84.6 cm³/mol. The van der Waals surface area contributed by atoms with Crippen molar-refractivity contribution in [3.8, 4) is 12.3 Å². The fraction of sp³-hybridized carbons (Fsp3) is 0.389. The Balaban J connectivity index is 1.54. The smallest absolute Gasteiger partial charge is 0.251 e. The Hall–Kier alpha value is -2.25. The number of nitrogens with zero attached hydrogens (tertiary/aromatic N) is 1. The third kappa shape index (κ3) is 2.28. The number of fused-ring (bicyclic) bond motifs is 3. The molecule has 0 saturated carbocycles. The first kappa shape index (κ1) is 13.4. The Labute approximate surface area is 129 Å². The summed E-state index contributed by atoms with van der Waals surface area (Å²) >= 11 is 0. The average Bonchev–Trinajstić information content (AvgIpc) is 3.09. The van der Waals surface area contributed by atoms with Gasteiger partial charge in [0.15, 0.2) is 0 Å². The van der Waals surface area contributed by atoms with Crippen LogP contribution < -0.4 is 5.32 Å². The maximum Gasteiger partial charge on any atom is 0.251 e. The summed E-state index contributed by atoms with van der Waals surface area (Å²) < 4.78 is 5.38. The molecule has 2 aliphatic rings. The lowest BCUT2D eigenvalue weighted by Gasteiger charge is -2.30. The van der Waals surface area contributed by atoms with Gasteiger partial charge in [-0.2, -0.15) is 0 Å². The second-order valence-electron chi connectivity index (χ2n) is 6.33. The van der Waals surface area contributed by atoms with E-state index in [4.69, 9.17) is 10.8 Å². The molecule has 0 spiro atoms. The molecule has 1 aromatic carbocycles. The summed E-state index contributed by atoms with van der Waals surface area (Å²) in [5.74, 6) is 3.30. The second-order valence-corrected chi connectivity index (χ2v) is 6.33. The fourth-order valence-corrected chi connectivity index (χ4v) is 3.72. The van der Waals surface area contributed by atoms with Crippen molar-refractivity contribution in [2.24, 2.45) is 5.92 Å². The van der Waals surface area contributed by atoms with Gasteiger partial charge in [0.05, 0.1) is 5.56 Å². The molecule has 3 heterocycles. The molecule has 2 aliphatic heterocycles. The summed E-state index contributed by atoms with van der Waals surface area (Å²) in [4.78, 5) is 14.9. The third-order valence-corrected chi connectivity index (χ3v) is 4.79. The molecule has 4 heteroatoms. The van der Waals surface area contributed by atoms with E-state index in [1.54, 1.807) is 18.4 Å². The lowest BCUT2D eigenvalue weighted by atomic mass is 9.96. The SMILES string of the molecule is C#Cc1coc2ccc(C(=O)N[C@@H]3C[C@H]4CCN(C4)C3)cc12. The molecule has 4 rings (SSSR count). The lowest BCUT2D eigenvalue weighted by Crippen LogP contribution is -2.47. The summed E-state index contributed by atoms with van der Waals surface area (Å²) in [6.45, 7) is 3.33. The highest BCUT2D eigenvalue weighted by Gasteiger charge is 2.32. The number of hydrogen-bond donors (Lipinski definition) is 1. The Morgan fingerprint density at radius 3 is 3.14 bits per heavy atom. The van der Waals surface area contributed by atoms with E-state index in [1.165, 1.54) is 19.5 Å². The van der Waals surface area contributed by atoms with Gasteiger partial charge in [0.1, 0.15) is 11.8 Å². The van der Waals surface area contributed by atoms with Crippen LogP contribution in [-0.4, -0.2) is 36.5 Å². The molecule has 2 bridgehead atoms. The number of carbonyl (C=O) groups excluding carboxylic acids is 1. The molecule has 1 aromatic heterocycles. The highest BCUT2D eigenvalue weighted by Crippen LogP contribution is 2.27.